The van der Waals surface area contributed by atoms with Gasteiger partial charge in [-0.15, -0.1) is 0 Å². The molecule has 0 radical (unpaired) electrons. The number of hydrogen-bond acceptors (Lipinski definition) is 2. The first-order valence-corrected chi connectivity index (χ1v) is 7.54. The van der Waals surface area contributed by atoms with Gasteiger partial charge in [0.1, 0.15) is 6.04 Å². The second-order valence-electron chi connectivity index (χ2n) is 4.98. The van der Waals surface area contributed by atoms with Crippen molar-refractivity contribution in [2.24, 2.45) is 0 Å². The Morgan fingerprint density at radius 3 is 2.57 bits per heavy atom. The van der Waals surface area contributed by atoms with E-state index in [1.165, 1.54) is 0 Å². The Labute approximate surface area is 133 Å². The summed E-state index contributed by atoms with van der Waals surface area (Å²) in [5.41, 5.74) is 0.405. The molecule has 0 aliphatic carbocycles. The first kappa shape index (κ1) is 15.9. The third-order valence-electron chi connectivity index (χ3n) is 3.31. The quantitative estimate of drug-likeness (QED) is 0.894. The number of carbonyl (C=O) groups is 2. The van der Waals surface area contributed by atoms with Crippen molar-refractivity contribution in [1.29, 1.82) is 0 Å². The third-order valence-corrected chi connectivity index (χ3v) is 3.88. The maximum absolute atomic E-state index is 12.1. The summed E-state index contributed by atoms with van der Waals surface area (Å²) in [6.07, 6.45) is 2.03. The predicted molar refractivity (Wildman–Crippen MR) is 83.9 cm³/mol. The smallest absolute Gasteiger partial charge is 0.319 e. The molecule has 2 rings (SSSR count). The van der Waals surface area contributed by atoms with Crippen molar-refractivity contribution >= 4 is 40.8 Å². The molecule has 1 heterocycles. The highest BCUT2D eigenvalue weighted by Gasteiger charge is 2.24. The molecule has 1 fully saturated rings. The third kappa shape index (κ3) is 4.25. The zero-order valence-electron chi connectivity index (χ0n) is 11.7. The molecule has 7 heteroatoms. The Morgan fingerprint density at radius 1 is 1.24 bits per heavy atom. The summed E-state index contributed by atoms with van der Waals surface area (Å²) < 4.78 is 0. The summed E-state index contributed by atoms with van der Waals surface area (Å²) in [4.78, 5) is 25.8. The standard InChI is InChI=1S/C14H17Cl2N3O2/c1-9(13(20)19-6-2-3-7-19)17-14(21)18-12-8-10(15)4-5-11(12)16/h4-5,8-9H,2-3,6-7H2,1H3,(H2,17,18,21)/t9-/m1/s1. The highest BCUT2D eigenvalue weighted by atomic mass is 35.5. The van der Waals surface area contributed by atoms with Gasteiger partial charge in [-0.3, -0.25) is 4.79 Å². The summed E-state index contributed by atoms with van der Waals surface area (Å²) in [7, 11) is 0. The molecule has 5 nitrogen and oxygen atoms in total. The zero-order valence-corrected chi connectivity index (χ0v) is 13.2. The second-order valence-corrected chi connectivity index (χ2v) is 5.82. The Bertz CT molecular complexity index is 545. The summed E-state index contributed by atoms with van der Waals surface area (Å²) in [5, 5.41) is 6.05. The van der Waals surface area contributed by atoms with Gasteiger partial charge in [0.15, 0.2) is 0 Å². The minimum absolute atomic E-state index is 0.0696. The van der Waals surface area contributed by atoms with Gasteiger partial charge in [0.2, 0.25) is 5.91 Å². The van der Waals surface area contributed by atoms with Crippen LogP contribution >= 0.6 is 23.2 Å². The second kappa shape index (κ2) is 7.00. The summed E-state index contributed by atoms with van der Waals surface area (Å²) >= 11 is 11.8. The fourth-order valence-electron chi connectivity index (χ4n) is 2.22. The van der Waals surface area contributed by atoms with Crippen LogP contribution in [-0.2, 0) is 4.79 Å². The Balaban J connectivity index is 1.91. The van der Waals surface area contributed by atoms with Gasteiger partial charge in [0, 0.05) is 18.1 Å². The van der Waals surface area contributed by atoms with E-state index in [0.717, 1.165) is 25.9 Å². The maximum atomic E-state index is 12.1. The Hall–Kier alpha value is -1.46. The number of anilines is 1. The number of rotatable bonds is 3. The number of nitrogens with one attached hydrogen (secondary N) is 2. The minimum atomic E-state index is -0.582. The van der Waals surface area contributed by atoms with Gasteiger partial charge in [-0.1, -0.05) is 23.2 Å². The van der Waals surface area contributed by atoms with Crippen LogP contribution in [0.5, 0.6) is 0 Å². The largest absolute Gasteiger partial charge is 0.341 e. The molecule has 1 aliphatic heterocycles. The van der Waals surface area contributed by atoms with Crippen LogP contribution in [0.25, 0.3) is 0 Å². The van der Waals surface area contributed by atoms with Crippen LogP contribution in [0, 0.1) is 0 Å². The first-order valence-electron chi connectivity index (χ1n) is 6.79. The van der Waals surface area contributed by atoms with Gasteiger partial charge in [-0.25, -0.2) is 4.79 Å². The number of hydrogen-bond donors (Lipinski definition) is 2. The van der Waals surface area contributed by atoms with Crippen molar-refractivity contribution < 1.29 is 9.59 Å². The summed E-state index contributed by atoms with van der Waals surface area (Å²) in [5.74, 6) is -0.0696. The number of amides is 3. The fraction of sp³-hybridized carbons (Fsp3) is 0.429. The molecule has 21 heavy (non-hydrogen) atoms. The molecule has 0 unspecified atom stereocenters. The maximum Gasteiger partial charge on any atom is 0.319 e. The number of halogens is 2. The van der Waals surface area contributed by atoms with Crippen molar-refractivity contribution in [3.8, 4) is 0 Å². The van der Waals surface area contributed by atoms with E-state index in [9.17, 15) is 9.59 Å². The molecular weight excluding hydrogens is 313 g/mol. The minimum Gasteiger partial charge on any atom is -0.341 e. The van der Waals surface area contributed by atoms with Crippen LogP contribution < -0.4 is 10.6 Å². The van der Waals surface area contributed by atoms with E-state index < -0.39 is 12.1 Å². The van der Waals surface area contributed by atoms with Crippen LogP contribution in [0.15, 0.2) is 18.2 Å². The zero-order chi connectivity index (χ0) is 15.4. The van der Waals surface area contributed by atoms with E-state index >= 15 is 0 Å². The van der Waals surface area contributed by atoms with E-state index in [4.69, 9.17) is 23.2 Å². The number of nitrogens with zero attached hydrogens (tertiary/aromatic N) is 1. The molecule has 0 spiro atoms. The molecule has 2 N–H and O–H groups in total. The average Bonchev–Trinajstić information content (AvgIpc) is 2.96. The Kier molecular flexibility index (Phi) is 5.31. The molecule has 1 aromatic carbocycles. The van der Waals surface area contributed by atoms with Crippen molar-refractivity contribution in [3.63, 3.8) is 0 Å². The van der Waals surface area contributed by atoms with Crippen LogP contribution in [0.2, 0.25) is 10.0 Å². The number of benzene rings is 1. The molecule has 0 saturated carbocycles. The predicted octanol–water partition coefficient (Wildman–Crippen LogP) is 3.13. The molecule has 1 aliphatic rings. The molecule has 3 amide bonds. The topological polar surface area (TPSA) is 61.4 Å². The van der Waals surface area contributed by atoms with Crippen LogP contribution in [0.3, 0.4) is 0 Å². The molecule has 114 valence electrons. The first-order chi connectivity index (χ1) is 9.97. The van der Waals surface area contributed by atoms with Gasteiger partial charge in [-0.05, 0) is 38.0 Å². The lowest BCUT2D eigenvalue weighted by molar-refractivity contribution is -0.131. The van der Waals surface area contributed by atoms with Crippen molar-refractivity contribution in [1.82, 2.24) is 10.2 Å². The number of carbonyl (C=O) groups excluding carboxylic acids is 2. The normalized spacial score (nSPS) is 15.7. The van der Waals surface area contributed by atoms with Crippen LogP contribution in [-0.4, -0.2) is 36.0 Å². The highest BCUT2D eigenvalue weighted by molar-refractivity contribution is 6.35. The van der Waals surface area contributed by atoms with Crippen molar-refractivity contribution in [2.45, 2.75) is 25.8 Å². The van der Waals surface area contributed by atoms with Crippen LogP contribution in [0.4, 0.5) is 10.5 Å². The molecule has 0 bridgehead atoms. The fourth-order valence-corrected chi connectivity index (χ4v) is 2.56. The van der Waals surface area contributed by atoms with Gasteiger partial charge in [0.25, 0.3) is 0 Å². The SMILES string of the molecule is C[C@@H](NC(=O)Nc1cc(Cl)ccc1Cl)C(=O)N1CCCC1. The van der Waals surface area contributed by atoms with E-state index in [0.29, 0.717) is 15.7 Å². The molecule has 1 atom stereocenters. The van der Waals surface area contributed by atoms with E-state index in [1.807, 2.05) is 0 Å². The monoisotopic (exact) mass is 329 g/mol. The van der Waals surface area contributed by atoms with Gasteiger partial charge < -0.3 is 15.5 Å². The summed E-state index contributed by atoms with van der Waals surface area (Å²) in [6.45, 7) is 3.18. The summed E-state index contributed by atoms with van der Waals surface area (Å²) in [6, 6.07) is 3.71. The van der Waals surface area contributed by atoms with Gasteiger partial charge in [0.05, 0.1) is 10.7 Å². The molecule has 1 saturated heterocycles. The van der Waals surface area contributed by atoms with Gasteiger partial charge in [-0.2, -0.15) is 0 Å². The van der Waals surface area contributed by atoms with Crippen LogP contribution in [0.1, 0.15) is 19.8 Å². The average molecular weight is 330 g/mol. The van der Waals surface area contributed by atoms with E-state index in [-0.39, 0.29) is 5.91 Å². The molecule has 0 aromatic heterocycles. The van der Waals surface area contributed by atoms with Crippen molar-refractivity contribution in [2.75, 3.05) is 18.4 Å². The molecular formula is C14H17Cl2N3O2. The van der Waals surface area contributed by atoms with Gasteiger partial charge >= 0.3 is 6.03 Å². The van der Waals surface area contributed by atoms with Crippen molar-refractivity contribution in [3.05, 3.63) is 28.2 Å². The lowest BCUT2D eigenvalue weighted by atomic mass is 10.3. The van der Waals surface area contributed by atoms with E-state index in [1.54, 1.807) is 30.0 Å². The number of urea groups is 1. The molecule has 1 aromatic rings. The Morgan fingerprint density at radius 2 is 1.90 bits per heavy atom. The number of likely N-dealkylation sites (tertiary alicyclic amines) is 1. The lowest BCUT2D eigenvalue weighted by Gasteiger charge is -2.21. The lowest BCUT2D eigenvalue weighted by Crippen LogP contribution is -2.47. The highest BCUT2D eigenvalue weighted by Crippen LogP contribution is 2.25. The van der Waals surface area contributed by atoms with E-state index in [2.05, 4.69) is 10.6 Å².